The van der Waals surface area contributed by atoms with Crippen molar-refractivity contribution < 1.29 is 0 Å². The third-order valence-electron chi connectivity index (χ3n) is 2.59. The van der Waals surface area contributed by atoms with Gasteiger partial charge in [0.05, 0.1) is 0 Å². The van der Waals surface area contributed by atoms with Crippen LogP contribution in [0.15, 0.2) is 0 Å². The van der Waals surface area contributed by atoms with Crippen LogP contribution in [0.1, 0.15) is 41.0 Å². The van der Waals surface area contributed by atoms with Crippen LogP contribution in [0, 0.1) is 17.8 Å². The highest BCUT2D eigenvalue weighted by atomic mass is 14.7. The minimum Gasteiger partial charge on any atom is -0.327 e. The van der Waals surface area contributed by atoms with Gasteiger partial charge in [-0.15, -0.1) is 0 Å². The first-order valence-electron chi connectivity index (χ1n) is 4.76. The molecule has 0 bridgehead atoms. The fourth-order valence-corrected chi connectivity index (χ4v) is 1.68. The van der Waals surface area contributed by atoms with Crippen molar-refractivity contribution in [2.75, 3.05) is 0 Å². The topological polar surface area (TPSA) is 26.0 Å². The van der Waals surface area contributed by atoms with E-state index in [1.165, 1.54) is 6.42 Å². The molecule has 0 spiro atoms. The van der Waals surface area contributed by atoms with Gasteiger partial charge in [-0.1, -0.05) is 41.0 Å². The first kappa shape index (κ1) is 11.0. The van der Waals surface area contributed by atoms with E-state index in [1.54, 1.807) is 0 Å². The maximum atomic E-state index is 6.07. The maximum Gasteiger partial charge on any atom is 0.00927 e. The number of hydrogen-bond donors (Lipinski definition) is 1. The van der Waals surface area contributed by atoms with E-state index in [2.05, 4.69) is 34.6 Å². The molecule has 0 heterocycles. The highest BCUT2D eigenvalue weighted by Gasteiger charge is 2.21. The maximum absolute atomic E-state index is 6.07. The molecule has 0 aliphatic rings. The third-order valence-corrected chi connectivity index (χ3v) is 2.59. The quantitative estimate of drug-likeness (QED) is 0.667. The molecule has 1 unspecified atom stereocenters. The second kappa shape index (κ2) is 4.76. The van der Waals surface area contributed by atoms with E-state index in [4.69, 9.17) is 5.73 Å². The van der Waals surface area contributed by atoms with Gasteiger partial charge in [-0.2, -0.15) is 0 Å². The Balaban J connectivity index is 4.02. The summed E-state index contributed by atoms with van der Waals surface area (Å²) in [6, 6.07) is 0.375. The van der Waals surface area contributed by atoms with Crippen LogP contribution in [0.2, 0.25) is 0 Å². The molecule has 0 saturated heterocycles. The van der Waals surface area contributed by atoms with Gasteiger partial charge in [-0.25, -0.2) is 0 Å². The molecule has 0 aromatic heterocycles. The fraction of sp³-hybridized carbons (Fsp3) is 1.00. The molecule has 0 aliphatic carbocycles. The lowest BCUT2D eigenvalue weighted by atomic mass is 9.81. The molecule has 0 aliphatic heterocycles. The summed E-state index contributed by atoms with van der Waals surface area (Å²) < 4.78 is 0. The molecule has 0 fully saturated rings. The van der Waals surface area contributed by atoms with E-state index < -0.39 is 0 Å². The molecule has 1 heteroatoms. The van der Waals surface area contributed by atoms with Crippen molar-refractivity contribution in [1.82, 2.24) is 0 Å². The SMILES string of the molecule is CCC(C(C)C)[C@@H](N)C(C)C. The molecule has 0 amide bonds. The van der Waals surface area contributed by atoms with Crippen LogP contribution in [0.5, 0.6) is 0 Å². The Morgan fingerprint density at radius 2 is 1.45 bits per heavy atom. The highest BCUT2D eigenvalue weighted by Crippen LogP contribution is 2.21. The summed E-state index contributed by atoms with van der Waals surface area (Å²) in [6.07, 6.45) is 1.21. The van der Waals surface area contributed by atoms with E-state index in [9.17, 15) is 0 Å². The molecule has 0 rings (SSSR count). The molecule has 0 radical (unpaired) electrons. The van der Waals surface area contributed by atoms with E-state index in [0.29, 0.717) is 17.9 Å². The predicted molar refractivity (Wildman–Crippen MR) is 51.4 cm³/mol. The minimum atomic E-state index is 0.375. The molecule has 2 N–H and O–H groups in total. The van der Waals surface area contributed by atoms with Crippen molar-refractivity contribution >= 4 is 0 Å². The van der Waals surface area contributed by atoms with E-state index in [-0.39, 0.29) is 0 Å². The number of nitrogens with two attached hydrogens (primary N) is 1. The van der Waals surface area contributed by atoms with Gasteiger partial charge in [0.15, 0.2) is 0 Å². The number of rotatable bonds is 4. The molecule has 68 valence electrons. The lowest BCUT2D eigenvalue weighted by Gasteiger charge is -2.28. The lowest BCUT2D eigenvalue weighted by molar-refractivity contribution is 0.260. The third kappa shape index (κ3) is 3.24. The van der Waals surface area contributed by atoms with Crippen molar-refractivity contribution in [2.24, 2.45) is 23.5 Å². The largest absolute Gasteiger partial charge is 0.327 e. The second-order valence-corrected chi connectivity index (χ2v) is 4.14. The van der Waals surface area contributed by atoms with Gasteiger partial charge in [0.1, 0.15) is 0 Å². The first-order chi connectivity index (χ1) is 5.00. The van der Waals surface area contributed by atoms with Gasteiger partial charge in [-0.3, -0.25) is 0 Å². The zero-order valence-electron chi connectivity index (χ0n) is 8.59. The predicted octanol–water partition coefficient (Wildman–Crippen LogP) is 2.65. The minimum absolute atomic E-state index is 0.375. The normalized spacial score (nSPS) is 17.5. The van der Waals surface area contributed by atoms with Crippen molar-refractivity contribution in [1.29, 1.82) is 0 Å². The monoisotopic (exact) mass is 157 g/mol. The number of hydrogen-bond acceptors (Lipinski definition) is 1. The van der Waals surface area contributed by atoms with Gasteiger partial charge in [0.2, 0.25) is 0 Å². The van der Waals surface area contributed by atoms with Gasteiger partial charge in [0, 0.05) is 6.04 Å². The summed E-state index contributed by atoms with van der Waals surface area (Å²) in [6.45, 7) is 11.2. The van der Waals surface area contributed by atoms with Gasteiger partial charge < -0.3 is 5.73 Å². The molecule has 0 saturated carbocycles. The molecule has 0 aromatic carbocycles. The molecule has 1 nitrogen and oxygen atoms in total. The van der Waals surface area contributed by atoms with Gasteiger partial charge in [-0.05, 0) is 17.8 Å². The molecule has 0 aromatic rings. The summed E-state index contributed by atoms with van der Waals surface area (Å²) in [7, 11) is 0. The van der Waals surface area contributed by atoms with Crippen LogP contribution in [-0.2, 0) is 0 Å². The van der Waals surface area contributed by atoms with Crippen LogP contribution in [0.4, 0.5) is 0 Å². The van der Waals surface area contributed by atoms with E-state index in [1.807, 2.05) is 0 Å². The Bertz CT molecular complexity index is 97.0. The van der Waals surface area contributed by atoms with Crippen LogP contribution in [-0.4, -0.2) is 6.04 Å². The van der Waals surface area contributed by atoms with Crippen molar-refractivity contribution in [3.63, 3.8) is 0 Å². The molecular formula is C10H23N. The first-order valence-corrected chi connectivity index (χ1v) is 4.76. The molecule has 11 heavy (non-hydrogen) atoms. The summed E-state index contributed by atoms with van der Waals surface area (Å²) in [5.74, 6) is 2.02. The average molecular weight is 157 g/mol. The van der Waals surface area contributed by atoms with Crippen molar-refractivity contribution in [3.05, 3.63) is 0 Å². The average Bonchev–Trinajstić information content (AvgIpc) is 1.88. The van der Waals surface area contributed by atoms with E-state index >= 15 is 0 Å². The summed E-state index contributed by atoms with van der Waals surface area (Å²) in [5, 5.41) is 0. The van der Waals surface area contributed by atoms with Gasteiger partial charge in [0.25, 0.3) is 0 Å². The Morgan fingerprint density at radius 3 is 1.55 bits per heavy atom. The summed E-state index contributed by atoms with van der Waals surface area (Å²) in [4.78, 5) is 0. The Morgan fingerprint density at radius 1 is 1.00 bits per heavy atom. The zero-order chi connectivity index (χ0) is 9.02. The standard InChI is InChI=1S/C10H23N/c1-6-9(7(2)3)10(11)8(4)5/h7-10H,6,11H2,1-5H3/t9?,10-/m0/s1. The Hall–Kier alpha value is -0.0400. The lowest BCUT2D eigenvalue weighted by Crippen LogP contribution is -2.37. The summed E-state index contributed by atoms with van der Waals surface area (Å²) >= 11 is 0. The van der Waals surface area contributed by atoms with Crippen molar-refractivity contribution in [2.45, 2.75) is 47.1 Å². The van der Waals surface area contributed by atoms with Crippen LogP contribution < -0.4 is 5.73 Å². The molecular weight excluding hydrogens is 134 g/mol. The smallest absolute Gasteiger partial charge is 0.00927 e. The summed E-state index contributed by atoms with van der Waals surface area (Å²) in [5.41, 5.74) is 6.07. The van der Waals surface area contributed by atoms with Crippen LogP contribution >= 0.6 is 0 Å². The molecule has 2 atom stereocenters. The fourth-order valence-electron chi connectivity index (χ4n) is 1.68. The van der Waals surface area contributed by atoms with Crippen LogP contribution in [0.3, 0.4) is 0 Å². The van der Waals surface area contributed by atoms with Gasteiger partial charge >= 0.3 is 0 Å². The van der Waals surface area contributed by atoms with Crippen LogP contribution in [0.25, 0.3) is 0 Å². The van der Waals surface area contributed by atoms with Crippen molar-refractivity contribution in [3.8, 4) is 0 Å². The Labute approximate surface area is 71.4 Å². The highest BCUT2D eigenvalue weighted by molar-refractivity contribution is 4.76. The second-order valence-electron chi connectivity index (χ2n) is 4.14. The Kier molecular flexibility index (Phi) is 4.74. The van der Waals surface area contributed by atoms with E-state index in [0.717, 1.165) is 5.92 Å². The zero-order valence-corrected chi connectivity index (χ0v) is 8.59.